The molecule has 0 aliphatic carbocycles. The van der Waals surface area contributed by atoms with E-state index in [0.29, 0.717) is 23.0 Å². The van der Waals surface area contributed by atoms with Gasteiger partial charge in [-0.25, -0.2) is 0 Å². The summed E-state index contributed by atoms with van der Waals surface area (Å²) < 4.78 is 0.814. The molecule has 0 bridgehead atoms. The van der Waals surface area contributed by atoms with Crippen LogP contribution in [0.2, 0.25) is 5.02 Å². The maximum absolute atomic E-state index is 11.5. The Hall–Kier alpha value is -0.250. The van der Waals surface area contributed by atoms with E-state index in [2.05, 4.69) is 21.2 Å². The molecule has 0 atom stereocenters. The Labute approximate surface area is 113 Å². The van der Waals surface area contributed by atoms with Gasteiger partial charge in [0.05, 0.1) is 5.02 Å². The third-order valence-corrected chi connectivity index (χ3v) is 3.49. The van der Waals surface area contributed by atoms with Gasteiger partial charge in [-0.1, -0.05) is 11.6 Å². The third kappa shape index (κ3) is 4.73. The van der Waals surface area contributed by atoms with E-state index in [1.54, 1.807) is 18.2 Å². The number of alkyl halides is 1. The number of rotatable bonds is 5. The zero-order valence-corrected chi connectivity index (χ0v) is 11.7. The largest absolute Gasteiger partial charge is 0.326 e. The number of benzene rings is 1. The van der Waals surface area contributed by atoms with Crippen LogP contribution in [0.5, 0.6) is 0 Å². The van der Waals surface area contributed by atoms with Gasteiger partial charge >= 0.3 is 0 Å². The molecule has 1 aromatic carbocycles. The minimum Gasteiger partial charge on any atom is -0.326 e. The van der Waals surface area contributed by atoms with Gasteiger partial charge in [-0.05, 0) is 47.0 Å². The number of amides is 1. The van der Waals surface area contributed by atoms with Gasteiger partial charge in [0.2, 0.25) is 5.91 Å². The number of hydrogen-bond donors (Lipinski definition) is 1. The van der Waals surface area contributed by atoms with Crippen LogP contribution in [-0.2, 0) is 4.79 Å². The SMILES string of the molecule is O=C(CCCCCl)Nc1ccc(Br)c(Cl)c1. The summed E-state index contributed by atoms with van der Waals surface area (Å²) in [6.45, 7) is 0. The molecule has 88 valence electrons. The molecule has 0 aromatic heterocycles. The van der Waals surface area contributed by atoms with E-state index >= 15 is 0 Å². The second-order valence-electron chi connectivity index (χ2n) is 3.32. The molecule has 0 saturated heterocycles. The third-order valence-electron chi connectivity index (χ3n) is 1.99. The Morgan fingerprint density at radius 1 is 1.38 bits per heavy atom. The van der Waals surface area contributed by atoms with Crippen molar-refractivity contribution < 1.29 is 4.79 Å². The summed E-state index contributed by atoms with van der Waals surface area (Å²) in [4.78, 5) is 11.5. The molecule has 1 amide bonds. The first-order chi connectivity index (χ1) is 7.63. The maximum atomic E-state index is 11.5. The average molecular weight is 325 g/mol. The van der Waals surface area contributed by atoms with Crippen LogP contribution in [0, 0.1) is 0 Å². The molecule has 0 aliphatic rings. The van der Waals surface area contributed by atoms with E-state index in [4.69, 9.17) is 23.2 Å². The smallest absolute Gasteiger partial charge is 0.224 e. The number of hydrogen-bond acceptors (Lipinski definition) is 1. The van der Waals surface area contributed by atoms with Crippen LogP contribution < -0.4 is 5.32 Å². The topological polar surface area (TPSA) is 29.1 Å². The van der Waals surface area contributed by atoms with Gasteiger partial charge in [0, 0.05) is 22.5 Å². The van der Waals surface area contributed by atoms with Crippen molar-refractivity contribution in [1.29, 1.82) is 0 Å². The van der Waals surface area contributed by atoms with Crippen molar-refractivity contribution in [1.82, 2.24) is 0 Å². The predicted octanol–water partition coefficient (Wildman–Crippen LogP) is 4.45. The molecule has 0 aliphatic heterocycles. The fourth-order valence-corrected chi connectivity index (χ4v) is 1.79. The van der Waals surface area contributed by atoms with Crippen LogP contribution in [-0.4, -0.2) is 11.8 Å². The lowest BCUT2D eigenvalue weighted by Crippen LogP contribution is -2.11. The number of carbonyl (C=O) groups is 1. The lowest BCUT2D eigenvalue weighted by atomic mass is 10.2. The number of carbonyl (C=O) groups excluding carboxylic acids is 1. The van der Waals surface area contributed by atoms with E-state index in [0.717, 1.165) is 17.3 Å². The van der Waals surface area contributed by atoms with Gasteiger partial charge in [0.15, 0.2) is 0 Å². The van der Waals surface area contributed by atoms with E-state index < -0.39 is 0 Å². The second-order valence-corrected chi connectivity index (χ2v) is 4.96. The van der Waals surface area contributed by atoms with Crippen molar-refractivity contribution >= 4 is 50.7 Å². The molecule has 5 heteroatoms. The van der Waals surface area contributed by atoms with Crippen LogP contribution in [0.4, 0.5) is 5.69 Å². The highest BCUT2D eigenvalue weighted by Gasteiger charge is 2.03. The highest BCUT2D eigenvalue weighted by atomic mass is 79.9. The maximum Gasteiger partial charge on any atom is 0.224 e. The normalized spacial score (nSPS) is 10.2. The predicted molar refractivity (Wildman–Crippen MR) is 72.4 cm³/mol. The average Bonchev–Trinajstić information content (AvgIpc) is 2.24. The lowest BCUT2D eigenvalue weighted by Gasteiger charge is -2.05. The van der Waals surface area contributed by atoms with Crippen molar-refractivity contribution in [3.8, 4) is 0 Å². The van der Waals surface area contributed by atoms with E-state index in [-0.39, 0.29) is 5.91 Å². The summed E-state index contributed by atoms with van der Waals surface area (Å²) in [5, 5.41) is 3.36. The Kier molecular flexibility index (Phi) is 6.17. The summed E-state index contributed by atoms with van der Waals surface area (Å²) in [6, 6.07) is 5.32. The quantitative estimate of drug-likeness (QED) is 0.629. The summed E-state index contributed by atoms with van der Waals surface area (Å²) >= 11 is 14.7. The number of nitrogens with one attached hydrogen (secondary N) is 1. The van der Waals surface area contributed by atoms with Crippen molar-refractivity contribution in [3.05, 3.63) is 27.7 Å². The van der Waals surface area contributed by atoms with Crippen LogP contribution in [0.25, 0.3) is 0 Å². The van der Waals surface area contributed by atoms with Gasteiger partial charge < -0.3 is 5.32 Å². The van der Waals surface area contributed by atoms with Gasteiger partial charge in [-0.2, -0.15) is 0 Å². The first-order valence-corrected chi connectivity index (χ1v) is 6.65. The fourth-order valence-electron chi connectivity index (χ4n) is 1.18. The minimum atomic E-state index is -0.0106. The van der Waals surface area contributed by atoms with E-state index in [1.807, 2.05) is 0 Å². The Morgan fingerprint density at radius 2 is 2.12 bits per heavy atom. The van der Waals surface area contributed by atoms with Crippen LogP contribution in [0.3, 0.4) is 0 Å². The van der Waals surface area contributed by atoms with Gasteiger partial charge in [-0.3, -0.25) is 4.79 Å². The van der Waals surface area contributed by atoms with Crippen molar-refractivity contribution in [2.75, 3.05) is 11.2 Å². The molecule has 1 aromatic rings. The lowest BCUT2D eigenvalue weighted by molar-refractivity contribution is -0.116. The Balaban J connectivity index is 2.46. The van der Waals surface area contributed by atoms with Crippen molar-refractivity contribution in [2.45, 2.75) is 19.3 Å². The molecule has 0 spiro atoms. The monoisotopic (exact) mass is 323 g/mol. The number of halogens is 3. The van der Waals surface area contributed by atoms with Crippen LogP contribution in [0.15, 0.2) is 22.7 Å². The zero-order valence-electron chi connectivity index (χ0n) is 8.60. The molecular weight excluding hydrogens is 313 g/mol. The second kappa shape index (κ2) is 7.15. The number of anilines is 1. The zero-order chi connectivity index (χ0) is 12.0. The first kappa shape index (κ1) is 13.8. The summed E-state index contributed by atoms with van der Waals surface area (Å²) in [5.41, 5.74) is 0.712. The van der Waals surface area contributed by atoms with Crippen molar-refractivity contribution in [2.24, 2.45) is 0 Å². The van der Waals surface area contributed by atoms with Gasteiger partial charge in [-0.15, -0.1) is 11.6 Å². The fraction of sp³-hybridized carbons (Fsp3) is 0.364. The molecule has 2 nitrogen and oxygen atoms in total. The Morgan fingerprint density at radius 3 is 2.75 bits per heavy atom. The van der Waals surface area contributed by atoms with E-state index in [1.165, 1.54) is 0 Å². The highest BCUT2D eigenvalue weighted by molar-refractivity contribution is 9.10. The first-order valence-electron chi connectivity index (χ1n) is 4.94. The van der Waals surface area contributed by atoms with Crippen LogP contribution in [0.1, 0.15) is 19.3 Å². The van der Waals surface area contributed by atoms with Crippen molar-refractivity contribution in [3.63, 3.8) is 0 Å². The van der Waals surface area contributed by atoms with Crippen LogP contribution >= 0.6 is 39.1 Å². The van der Waals surface area contributed by atoms with Gasteiger partial charge in [0.1, 0.15) is 0 Å². The molecule has 0 fully saturated rings. The van der Waals surface area contributed by atoms with Gasteiger partial charge in [0.25, 0.3) is 0 Å². The Bertz CT molecular complexity index is 371. The summed E-state index contributed by atoms with van der Waals surface area (Å²) in [7, 11) is 0. The molecular formula is C11H12BrCl2NO. The summed E-state index contributed by atoms with van der Waals surface area (Å²) in [5.74, 6) is 0.584. The summed E-state index contributed by atoms with van der Waals surface area (Å²) in [6.07, 6.45) is 2.15. The standard InChI is InChI=1S/C11H12BrCl2NO/c12-9-5-4-8(7-10(9)14)15-11(16)3-1-2-6-13/h4-5,7H,1-3,6H2,(H,15,16). The molecule has 1 rings (SSSR count). The van der Waals surface area contributed by atoms with E-state index in [9.17, 15) is 4.79 Å². The molecule has 16 heavy (non-hydrogen) atoms. The molecule has 1 N–H and O–H groups in total. The molecule has 0 heterocycles. The minimum absolute atomic E-state index is 0.0106. The highest BCUT2D eigenvalue weighted by Crippen LogP contribution is 2.25. The molecule has 0 unspecified atom stereocenters. The molecule has 0 saturated carbocycles. The molecule has 0 radical (unpaired) electrons. The number of unbranched alkanes of at least 4 members (excludes halogenated alkanes) is 1.